The van der Waals surface area contributed by atoms with Crippen LogP contribution in [0.15, 0.2) is 42.5 Å². The molecule has 2 aromatic carbocycles. The van der Waals surface area contributed by atoms with Crippen LogP contribution < -0.4 is 10.1 Å². The van der Waals surface area contributed by atoms with Crippen molar-refractivity contribution in [2.24, 2.45) is 0 Å². The van der Waals surface area contributed by atoms with E-state index in [0.29, 0.717) is 35.4 Å². The van der Waals surface area contributed by atoms with Crippen molar-refractivity contribution in [2.75, 3.05) is 13.1 Å². The SMILES string of the molecule is O=C(NCc1ccc(Cl)cc1Cl)N1CCC(Oc2ccc(F)cc2)CC1. The molecule has 3 rings (SSSR count). The first-order valence-corrected chi connectivity index (χ1v) is 9.16. The number of urea groups is 1. The Labute approximate surface area is 161 Å². The maximum Gasteiger partial charge on any atom is 0.317 e. The zero-order valence-electron chi connectivity index (χ0n) is 14.1. The largest absolute Gasteiger partial charge is 0.490 e. The highest BCUT2D eigenvalue weighted by molar-refractivity contribution is 6.35. The Hall–Kier alpha value is -1.98. The number of nitrogens with one attached hydrogen (secondary N) is 1. The first-order valence-electron chi connectivity index (χ1n) is 8.40. The molecule has 0 spiro atoms. The first kappa shape index (κ1) is 18.8. The minimum Gasteiger partial charge on any atom is -0.490 e. The number of amides is 2. The number of nitrogens with zero attached hydrogens (tertiary/aromatic N) is 1. The number of hydrogen-bond donors (Lipinski definition) is 1. The molecule has 1 aliphatic rings. The Kier molecular flexibility index (Phi) is 6.22. The van der Waals surface area contributed by atoms with Gasteiger partial charge < -0.3 is 15.0 Å². The maximum atomic E-state index is 12.9. The number of ether oxygens (including phenoxy) is 1. The number of rotatable bonds is 4. The summed E-state index contributed by atoms with van der Waals surface area (Å²) in [5.74, 6) is 0.358. The molecule has 0 saturated carbocycles. The zero-order chi connectivity index (χ0) is 18.5. The van der Waals surface area contributed by atoms with Crippen molar-refractivity contribution in [3.05, 3.63) is 63.9 Å². The Morgan fingerprint density at radius 3 is 2.50 bits per heavy atom. The molecule has 1 aliphatic heterocycles. The van der Waals surface area contributed by atoms with Gasteiger partial charge >= 0.3 is 6.03 Å². The molecule has 26 heavy (non-hydrogen) atoms. The molecular weight excluding hydrogens is 378 g/mol. The third kappa shape index (κ3) is 5.02. The van der Waals surface area contributed by atoms with E-state index >= 15 is 0 Å². The van der Waals surface area contributed by atoms with Crippen molar-refractivity contribution in [3.8, 4) is 5.75 Å². The molecule has 0 atom stereocenters. The summed E-state index contributed by atoms with van der Waals surface area (Å²) in [7, 11) is 0. The van der Waals surface area contributed by atoms with E-state index < -0.39 is 0 Å². The fourth-order valence-corrected chi connectivity index (χ4v) is 3.31. The molecule has 0 unspecified atom stereocenters. The number of carbonyl (C=O) groups is 1. The lowest BCUT2D eigenvalue weighted by Gasteiger charge is -2.32. The Morgan fingerprint density at radius 1 is 1.15 bits per heavy atom. The molecule has 1 fully saturated rings. The molecule has 138 valence electrons. The number of benzene rings is 2. The summed E-state index contributed by atoms with van der Waals surface area (Å²) in [5, 5.41) is 3.97. The number of halogens is 3. The molecular formula is C19H19Cl2FN2O2. The van der Waals surface area contributed by atoms with E-state index in [9.17, 15) is 9.18 Å². The molecule has 1 N–H and O–H groups in total. The lowest BCUT2D eigenvalue weighted by Crippen LogP contribution is -2.46. The highest BCUT2D eigenvalue weighted by Gasteiger charge is 2.24. The van der Waals surface area contributed by atoms with Crippen molar-refractivity contribution >= 4 is 29.2 Å². The Morgan fingerprint density at radius 2 is 1.85 bits per heavy atom. The summed E-state index contributed by atoms with van der Waals surface area (Å²) in [5.41, 5.74) is 0.818. The second-order valence-corrected chi connectivity index (χ2v) is 7.00. The van der Waals surface area contributed by atoms with Gasteiger partial charge in [-0.25, -0.2) is 9.18 Å². The number of piperidine rings is 1. The second-order valence-electron chi connectivity index (χ2n) is 6.15. The third-order valence-electron chi connectivity index (χ3n) is 4.29. The van der Waals surface area contributed by atoms with E-state index in [0.717, 1.165) is 18.4 Å². The van der Waals surface area contributed by atoms with Crippen LogP contribution in [0, 0.1) is 5.82 Å². The summed E-state index contributed by atoms with van der Waals surface area (Å²) in [4.78, 5) is 14.1. The van der Waals surface area contributed by atoms with Gasteiger partial charge in [0.25, 0.3) is 0 Å². The van der Waals surface area contributed by atoms with Crippen LogP contribution in [0.5, 0.6) is 5.75 Å². The van der Waals surface area contributed by atoms with Crippen molar-refractivity contribution in [3.63, 3.8) is 0 Å². The predicted molar refractivity (Wildman–Crippen MR) is 100 cm³/mol. The minimum absolute atomic E-state index is 0.0234. The van der Waals surface area contributed by atoms with Crippen LogP contribution in [0.2, 0.25) is 10.0 Å². The van der Waals surface area contributed by atoms with Gasteiger partial charge in [0.05, 0.1) is 0 Å². The van der Waals surface area contributed by atoms with Gasteiger partial charge in [0.2, 0.25) is 0 Å². The summed E-state index contributed by atoms with van der Waals surface area (Å²) in [6.07, 6.45) is 1.48. The lowest BCUT2D eigenvalue weighted by molar-refractivity contribution is 0.111. The van der Waals surface area contributed by atoms with Crippen molar-refractivity contribution in [1.82, 2.24) is 10.2 Å². The standard InChI is InChI=1S/C19H19Cl2FN2O2/c20-14-2-1-13(18(21)11-14)12-23-19(25)24-9-7-17(8-10-24)26-16-5-3-15(22)4-6-16/h1-6,11,17H,7-10,12H2,(H,23,25). The van der Waals surface area contributed by atoms with E-state index in [1.165, 1.54) is 12.1 Å². The van der Waals surface area contributed by atoms with Gasteiger partial charge in [0.1, 0.15) is 17.7 Å². The van der Waals surface area contributed by atoms with Crippen LogP contribution in [0.4, 0.5) is 9.18 Å². The van der Waals surface area contributed by atoms with Gasteiger partial charge in [0, 0.05) is 42.5 Å². The van der Waals surface area contributed by atoms with Crippen molar-refractivity contribution in [2.45, 2.75) is 25.5 Å². The van der Waals surface area contributed by atoms with Crippen LogP contribution in [0.25, 0.3) is 0 Å². The first-order chi connectivity index (χ1) is 12.5. The lowest BCUT2D eigenvalue weighted by atomic mass is 10.1. The predicted octanol–water partition coefficient (Wildman–Crippen LogP) is 4.89. The van der Waals surface area contributed by atoms with E-state index in [4.69, 9.17) is 27.9 Å². The van der Waals surface area contributed by atoms with Gasteiger partial charge in [-0.1, -0.05) is 29.3 Å². The van der Waals surface area contributed by atoms with Crippen LogP contribution >= 0.6 is 23.2 Å². The highest BCUT2D eigenvalue weighted by Crippen LogP contribution is 2.22. The van der Waals surface area contributed by atoms with Crippen LogP contribution in [-0.2, 0) is 6.54 Å². The topological polar surface area (TPSA) is 41.6 Å². The molecule has 0 radical (unpaired) electrons. The van der Waals surface area contributed by atoms with Crippen LogP contribution in [0.3, 0.4) is 0 Å². The molecule has 1 heterocycles. The van der Waals surface area contributed by atoms with Crippen LogP contribution in [0.1, 0.15) is 18.4 Å². The number of carbonyl (C=O) groups excluding carboxylic acids is 1. The molecule has 1 saturated heterocycles. The quantitative estimate of drug-likeness (QED) is 0.799. The molecule has 2 amide bonds. The average molecular weight is 397 g/mol. The van der Waals surface area contributed by atoms with Crippen molar-refractivity contribution in [1.29, 1.82) is 0 Å². The number of hydrogen-bond acceptors (Lipinski definition) is 2. The summed E-state index contributed by atoms with van der Waals surface area (Å²) in [6, 6.07) is 11.1. The number of likely N-dealkylation sites (tertiary alicyclic amines) is 1. The molecule has 0 aromatic heterocycles. The zero-order valence-corrected chi connectivity index (χ0v) is 15.6. The third-order valence-corrected chi connectivity index (χ3v) is 4.88. The smallest absolute Gasteiger partial charge is 0.317 e. The summed E-state index contributed by atoms with van der Waals surface area (Å²) >= 11 is 12.0. The maximum absolute atomic E-state index is 12.9. The Bertz CT molecular complexity index is 763. The second kappa shape index (κ2) is 8.60. The highest BCUT2D eigenvalue weighted by atomic mass is 35.5. The molecule has 2 aromatic rings. The molecule has 4 nitrogen and oxygen atoms in total. The van der Waals surface area contributed by atoms with E-state index in [1.807, 2.05) is 0 Å². The summed E-state index contributed by atoms with van der Waals surface area (Å²) in [6.45, 7) is 1.55. The molecule has 0 bridgehead atoms. The molecule has 0 aliphatic carbocycles. The van der Waals surface area contributed by atoms with E-state index in [1.54, 1.807) is 35.2 Å². The average Bonchev–Trinajstić information content (AvgIpc) is 2.63. The van der Waals surface area contributed by atoms with Gasteiger partial charge in [-0.05, 0) is 42.0 Å². The van der Waals surface area contributed by atoms with Crippen molar-refractivity contribution < 1.29 is 13.9 Å². The normalized spacial score (nSPS) is 15.0. The summed E-state index contributed by atoms with van der Waals surface area (Å²) < 4.78 is 18.8. The Balaban J connectivity index is 1.45. The van der Waals surface area contributed by atoms with Crippen LogP contribution in [-0.4, -0.2) is 30.1 Å². The fraction of sp³-hybridized carbons (Fsp3) is 0.316. The van der Waals surface area contributed by atoms with E-state index in [-0.39, 0.29) is 18.0 Å². The minimum atomic E-state index is -0.287. The van der Waals surface area contributed by atoms with Gasteiger partial charge in [-0.2, -0.15) is 0 Å². The monoisotopic (exact) mass is 396 g/mol. The fourth-order valence-electron chi connectivity index (χ4n) is 2.83. The van der Waals surface area contributed by atoms with Gasteiger partial charge in [0.15, 0.2) is 0 Å². The molecule has 7 heteroatoms. The van der Waals surface area contributed by atoms with Gasteiger partial charge in [-0.15, -0.1) is 0 Å². The van der Waals surface area contributed by atoms with Gasteiger partial charge in [-0.3, -0.25) is 0 Å². The van der Waals surface area contributed by atoms with E-state index in [2.05, 4.69) is 5.32 Å².